The summed E-state index contributed by atoms with van der Waals surface area (Å²) >= 11 is 0. The number of nitrogens with one attached hydrogen (secondary N) is 1. The number of aryl methyl sites for hydroxylation is 1. The van der Waals surface area contributed by atoms with Crippen molar-refractivity contribution >= 4 is 17.5 Å². The number of piperazine rings is 1. The van der Waals surface area contributed by atoms with Crippen molar-refractivity contribution in [3.8, 4) is 0 Å². The zero-order valence-electron chi connectivity index (χ0n) is 14.1. The number of benzene rings is 1. The van der Waals surface area contributed by atoms with Gasteiger partial charge in [-0.2, -0.15) is 0 Å². The molecule has 0 bridgehead atoms. The van der Waals surface area contributed by atoms with E-state index in [1.807, 2.05) is 25.3 Å². The number of hydrogen-bond acceptors (Lipinski definition) is 3. The van der Waals surface area contributed by atoms with Gasteiger partial charge in [-0.25, -0.2) is 9.37 Å². The van der Waals surface area contributed by atoms with Crippen LogP contribution in [0.25, 0.3) is 5.65 Å². The number of imidazole rings is 1. The number of hydrogen-bond donors (Lipinski definition) is 1. The van der Waals surface area contributed by atoms with E-state index in [1.165, 1.54) is 23.1 Å². The van der Waals surface area contributed by atoms with Crippen LogP contribution in [0.1, 0.15) is 27.7 Å². The monoisotopic (exact) mass is 352 g/mol. The van der Waals surface area contributed by atoms with Gasteiger partial charge in [0.2, 0.25) is 5.91 Å². The highest BCUT2D eigenvalue weighted by Crippen LogP contribution is 2.25. The summed E-state index contributed by atoms with van der Waals surface area (Å²) in [5.41, 5.74) is 2.40. The molecule has 2 amide bonds. The molecule has 1 aromatic carbocycles. The molecule has 0 radical (unpaired) electrons. The van der Waals surface area contributed by atoms with Crippen molar-refractivity contribution in [3.63, 3.8) is 0 Å². The van der Waals surface area contributed by atoms with Gasteiger partial charge in [-0.15, -0.1) is 0 Å². The molecule has 1 N–H and O–H groups in total. The van der Waals surface area contributed by atoms with Crippen LogP contribution in [0.15, 0.2) is 48.8 Å². The molecule has 3 aromatic rings. The number of pyridine rings is 1. The van der Waals surface area contributed by atoms with Crippen LogP contribution < -0.4 is 5.32 Å². The number of amides is 2. The number of halogens is 1. The van der Waals surface area contributed by atoms with Crippen molar-refractivity contribution in [2.45, 2.75) is 13.0 Å². The third-order valence-corrected chi connectivity index (χ3v) is 4.47. The highest BCUT2D eigenvalue weighted by Gasteiger charge is 2.35. The fourth-order valence-electron chi connectivity index (χ4n) is 3.23. The minimum absolute atomic E-state index is 0.256. The molecule has 6 nitrogen and oxygen atoms in total. The van der Waals surface area contributed by atoms with E-state index in [4.69, 9.17) is 0 Å². The highest BCUT2D eigenvalue weighted by atomic mass is 19.1. The third-order valence-electron chi connectivity index (χ3n) is 4.47. The summed E-state index contributed by atoms with van der Waals surface area (Å²) in [5.74, 6) is -1.12. The van der Waals surface area contributed by atoms with Crippen LogP contribution in [0, 0.1) is 12.7 Å². The van der Waals surface area contributed by atoms with Crippen LogP contribution in [0.5, 0.6) is 0 Å². The summed E-state index contributed by atoms with van der Waals surface area (Å²) in [4.78, 5) is 31.3. The largest absolute Gasteiger partial charge is 0.352 e. The van der Waals surface area contributed by atoms with Crippen molar-refractivity contribution in [2.75, 3.05) is 13.1 Å². The quantitative estimate of drug-likeness (QED) is 0.768. The molecule has 26 heavy (non-hydrogen) atoms. The molecule has 1 aliphatic rings. The number of carbonyl (C=O) groups excluding carboxylic acids is 2. The van der Waals surface area contributed by atoms with E-state index < -0.39 is 11.9 Å². The predicted molar refractivity (Wildman–Crippen MR) is 93.1 cm³/mol. The van der Waals surface area contributed by atoms with E-state index in [-0.39, 0.29) is 17.5 Å². The fourth-order valence-corrected chi connectivity index (χ4v) is 3.23. The maximum absolute atomic E-state index is 13.6. The average molecular weight is 352 g/mol. The number of nitrogens with zero attached hydrogens (tertiary/aromatic N) is 3. The molecule has 0 saturated carbocycles. The first kappa shape index (κ1) is 16.3. The normalized spacial score (nSPS) is 17.4. The predicted octanol–water partition coefficient (Wildman–Crippen LogP) is 2.10. The van der Waals surface area contributed by atoms with Crippen molar-refractivity contribution < 1.29 is 14.0 Å². The Bertz CT molecular complexity index is 1010. The van der Waals surface area contributed by atoms with Gasteiger partial charge in [0, 0.05) is 25.5 Å². The van der Waals surface area contributed by atoms with Crippen LogP contribution in [-0.2, 0) is 4.79 Å². The molecule has 1 saturated heterocycles. The maximum Gasteiger partial charge on any atom is 0.275 e. The second-order valence-electron chi connectivity index (χ2n) is 6.34. The fraction of sp³-hybridized carbons (Fsp3) is 0.211. The molecule has 3 heterocycles. The lowest BCUT2D eigenvalue weighted by atomic mass is 10.0. The first-order valence-corrected chi connectivity index (χ1v) is 8.32. The minimum Gasteiger partial charge on any atom is -0.352 e. The average Bonchev–Trinajstić information content (AvgIpc) is 3.04. The molecule has 1 fully saturated rings. The number of carbonyl (C=O) groups is 2. The Labute approximate surface area is 149 Å². The molecule has 4 rings (SSSR count). The van der Waals surface area contributed by atoms with Crippen LogP contribution >= 0.6 is 0 Å². The zero-order chi connectivity index (χ0) is 18.3. The van der Waals surface area contributed by atoms with Gasteiger partial charge in [0.15, 0.2) is 0 Å². The van der Waals surface area contributed by atoms with Gasteiger partial charge in [0.25, 0.3) is 5.91 Å². The Morgan fingerprint density at radius 2 is 2.15 bits per heavy atom. The van der Waals surface area contributed by atoms with Crippen LogP contribution in [0.4, 0.5) is 4.39 Å². The lowest BCUT2D eigenvalue weighted by Crippen LogP contribution is -2.52. The Morgan fingerprint density at radius 3 is 2.96 bits per heavy atom. The van der Waals surface area contributed by atoms with Gasteiger partial charge in [-0.3, -0.25) is 9.59 Å². The Morgan fingerprint density at radius 1 is 1.31 bits per heavy atom. The molecule has 132 valence electrons. The summed E-state index contributed by atoms with van der Waals surface area (Å²) < 4.78 is 15.4. The Kier molecular flexibility index (Phi) is 3.91. The van der Waals surface area contributed by atoms with Crippen molar-refractivity contribution in [2.24, 2.45) is 0 Å². The first-order valence-electron chi connectivity index (χ1n) is 8.32. The Balaban J connectivity index is 1.72. The maximum atomic E-state index is 13.6. The van der Waals surface area contributed by atoms with Crippen LogP contribution in [-0.4, -0.2) is 39.2 Å². The molecule has 1 aliphatic heterocycles. The summed E-state index contributed by atoms with van der Waals surface area (Å²) in [6.45, 7) is 2.63. The molecule has 2 aromatic heterocycles. The van der Waals surface area contributed by atoms with Crippen molar-refractivity contribution in [1.29, 1.82) is 0 Å². The second kappa shape index (κ2) is 6.25. The second-order valence-corrected chi connectivity index (χ2v) is 6.34. The smallest absolute Gasteiger partial charge is 0.275 e. The third kappa shape index (κ3) is 2.81. The molecule has 1 atom stereocenters. The lowest BCUT2D eigenvalue weighted by molar-refractivity contribution is -0.128. The molecule has 7 heteroatoms. The molecular formula is C19H17FN4O2. The van der Waals surface area contributed by atoms with Crippen molar-refractivity contribution in [1.82, 2.24) is 19.6 Å². The van der Waals surface area contributed by atoms with E-state index >= 15 is 0 Å². The van der Waals surface area contributed by atoms with Crippen LogP contribution in [0.3, 0.4) is 0 Å². The van der Waals surface area contributed by atoms with E-state index in [9.17, 15) is 14.0 Å². The van der Waals surface area contributed by atoms with Gasteiger partial charge in [-0.05, 0) is 42.3 Å². The minimum atomic E-state index is -0.876. The summed E-state index contributed by atoms with van der Waals surface area (Å²) in [6, 6.07) is 8.69. The SMILES string of the molecule is Cc1ccn2cc(C(=O)N3CCNC(=O)C3c3cccc(F)c3)nc2c1. The van der Waals surface area contributed by atoms with Gasteiger partial charge in [-0.1, -0.05) is 12.1 Å². The number of aromatic nitrogens is 2. The standard InChI is InChI=1S/C19H17FN4O2/c1-12-5-7-23-11-15(22-16(23)9-12)19(26)24-8-6-21-18(25)17(24)13-3-2-4-14(20)10-13/h2-5,7,9-11,17H,6,8H2,1H3,(H,21,25). The molecule has 0 aliphatic carbocycles. The summed E-state index contributed by atoms with van der Waals surface area (Å²) in [6.07, 6.45) is 3.48. The summed E-state index contributed by atoms with van der Waals surface area (Å²) in [5, 5.41) is 2.74. The van der Waals surface area contributed by atoms with Gasteiger partial charge in [0.1, 0.15) is 23.2 Å². The molecule has 0 spiro atoms. The number of fused-ring (bicyclic) bond motifs is 1. The number of rotatable bonds is 2. The van der Waals surface area contributed by atoms with Gasteiger partial charge < -0.3 is 14.6 Å². The zero-order valence-corrected chi connectivity index (χ0v) is 14.1. The van der Waals surface area contributed by atoms with E-state index in [0.29, 0.717) is 24.3 Å². The Hall–Kier alpha value is -3.22. The van der Waals surface area contributed by atoms with E-state index in [1.54, 1.807) is 16.7 Å². The molecule has 1 unspecified atom stereocenters. The highest BCUT2D eigenvalue weighted by molar-refractivity contribution is 5.97. The van der Waals surface area contributed by atoms with E-state index in [2.05, 4.69) is 10.3 Å². The first-order chi connectivity index (χ1) is 12.5. The van der Waals surface area contributed by atoms with E-state index in [0.717, 1.165) is 5.56 Å². The van der Waals surface area contributed by atoms with Crippen LogP contribution in [0.2, 0.25) is 0 Å². The topological polar surface area (TPSA) is 66.7 Å². The van der Waals surface area contributed by atoms with Crippen molar-refractivity contribution in [3.05, 3.63) is 71.4 Å². The lowest BCUT2D eigenvalue weighted by Gasteiger charge is -2.34. The van der Waals surface area contributed by atoms with Gasteiger partial charge >= 0.3 is 0 Å². The summed E-state index contributed by atoms with van der Waals surface area (Å²) in [7, 11) is 0. The van der Waals surface area contributed by atoms with Gasteiger partial charge in [0.05, 0.1) is 0 Å². The molecular weight excluding hydrogens is 335 g/mol.